The van der Waals surface area contributed by atoms with Crippen LogP contribution in [-0.4, -0.2) is 54.9 Å². The van der Waals surface area contributed by atoms with Crippen LogP contribution in [0.1, 0.15) is 6.42 Å². The standard InChI is InChI=1S/C13H17N3O3/c17-11-7-13(18)16(9-11)10-1-2-12(14-8-10)15-3-5-19-6-4-15/h1-2,8,11,17H,3-7,9H2. The number of β-amino-alcohol motifs (C(OH)–C–C–N with tert-alkyl or cyclic N) is 1. The molecule has 0 saturated carbocycles. The number of aliphatic hydroxyl groups is 1. The maximum Gasteiger partial charge on any atom is 0.229 e. The molecular weight excluding hydrogens is 246 g/mol. The van der Waals surface area contributed by atoms with Crippen LogP contribution in [0.25, 0.3) is 0 Å². The summed E-state index contributed by atoms with van der Waals surface area (Å²) in [6, 6.07) is 3.80. The quantitative estimate of drug-likeness (QED) is 0.814. The zero-order valence-electron chi connectivity index (χ0n) is 10.7. The van der Waals surface area contributed by atoms with Crippen LogP contribution in [0, 0.1) is 0 Å². The average Bonchev–Trinajstić information content (AvgIpc) is 2.79. The highest BCUT2D eigenvalue weighted by Gasteiger charge is 2.29. The van der Waals surface area contributed by atoms with Gasteiger partial charge >= 0.3 is 0 Å². The third-order valence-electron chi connectivity index (χ3n) is 3.48. The summed E-state index contributed by atoms with van der Waals surface area (Å²) in [7, 11) is 0. The fourth-order valence-corrected chi connectivity index (χ4v) is 2.46. The summed E-state index contributed by atoms with van der Waals surface area (Å²) in [4.78, 5) is 19.8. The molecule has 6 heteroatoms. The number of aromatic nitrogens is 1. The topological polar surface area (TPSA) is 65.9 Å². The lowest BCUT2D eigenvalue weighted by atomic mass is 10.3. The summed E-state index contributed by atoms with van der Waals surface area (Å²) in [6.07, 6.45) is 1.33. The third kappa shape index (κ3) is 2.54. The minimum absolute atomic E-state index is 0.0478. The van der Waals surface area contributed by atoms with E-state index in [9.17, 15) is 9.90 Å². The second kappa shape index (κ2) is 5.14. The first-order valence-corrected chi connectivity index (χ1v) is 6.51. The van der Waals surface area contributed by atoms with Crippen molar-refractivity contribution in [1.82, 2.24) is 4.98 Å². The molecule has 2 aliphatic heterocycles. The minimum Gasteiger partial charge on any atom is -0.391 e. The number of pyridine rings is 1. The van der Waals surface area contributed by atoms with Gasteiger partial charge in [0.25, 0.3) is 0 Å². The zero-order chi connectivity index (χ0) is 13.2. The Morgan fingerprint density at radius 2 is 2.11 bits per heavy atom. The Bertz CT molecular complexity index is 457. The fraction of sp³-hybridized carbons (Fsp3) is 0.538. The molecule has 3 heterocycles. The molecule has 19 heavy (non-hydrogen) atoms. The van der Waals surface area contributed by atoms with Crippen molar-refractivity contribution < 1.29 is 14.6 Å². The maximum atomic E-state index is 11.7. The van der Waals surface area contributed by atoms with Gasteiger partial charge in [0.15, 0.2) is 0 Å². The molecule has 1 atom stereocenters. The maximum absolute atomic E-state index is 11.7. The summed E-state index contributed by atoms with van der Waals surface area (Å²) < 4.78 is 5.30. The molecule has 3 rings (SSSR count). The molecule has 0 radical (unpaired) electrons. The number of nitrogens with zero attached hydrogens (tertiary/aromatic N) is 3. The monoisotopic (exact) mass is 263 g/mol. The Balaban J connectivity index is 1.73. The van der Waals surface area contributed by atoms with Crippen molar-refractivity contribution in [3.8, 4) is 0 Å². The van der Waals surface area contributed by atoms with E-state index < -0.39 is 6.10 Å². The number of anilines is 2. The van der Waals surface area contributed by atoms with Crippen LogP contribution in [0.2, 0.25) is 0 Å². The Hall–Kier alpha value is -1.66. The molecular formula is C13H17N3O3. The molecule has 2 aliphatic rings. The lowest BCUT2D eigenvalue weighted by Gasteiger charge is -2.28. The third-order valence-corrected chi connectivity index (χ3v) is 3.48. The van der Waals surface area contributed by atoms with Crippen molar-refractivity contribution in [3.63, 3.8) is 0 Å². The number of morpholine rings is 1. The van der Waals surface area contributed by atoms with Gasteiger partial charge in [0.1, 0.15) is 5.82 Å². The van der Waals surface area contributed by atoms with Crippen LogP contribution < -0.4 is 9.80 Å². The van der Waals surface area contributed by atoms with Gasteiger partial charge in [0, 0.05) is 13.1 Å². The normalized spacial score (nSPS) is 24.1. The van der Waals surface area contributed by atoms with Crippen LogP contribution in [0.5, 0.6) is 0 Å². The molecule has 2 fully saturated rings. The van der Waals surface area contributed by atoms with E-state index in [4.69, 9.17) is 4.74 Å². The van der Waals surface area contributed by atoms with Gasteiger partial charge in [-0.15, -0.1) is 0 Å². The van der Waals surface area contributed by atoms with E-state index in [2.05, 4.69) is 9.88 Å². The molecule has 0 bridgehead atoms. The zero-order valence-corrected chi connectivity index (χ0v) is 10.7. The molecule has 2 saturated heterocycles. The van der Waals surface area contributed by atoms with Crippen LogP contribution in [-0.2, 0) is 9.53 Å². The molecule has 0 spiro atoms. The fourth-order valence-electron chi connectivity index (χ4n) is 2.46. The van der Waals surface area contributed by atoms with Gasteiger partial charge in [-0.05, 0) is 12.1 Å². The Morgan fingerprint density at radius 3 is 2.68 bits per heavy atom. The number of carbonyl (C=O) groups is 1. The number of ether oxygens (including phenoxy) is 1. The Kier molecular flexibility index (Phi) is 3.35. The largest absolute Gasteiger partial charge is 0.391 e. The van der Waals surface area contributed by atoms with Gasteiger partial charge in [0.05, 0.1) is 44.2 Å². The van der Waals surface area contributed by atoms with Crippen molar-refractivity contribution in [2.75, 3.05) is 42.6 Å². The van der Waals surface area contributed by atoms with E-state index in [1.165, 1.54) is 0 Å². The summed E-state index contributed by atoms with van der Waals surface area (Å²) in [5.74, 6) is 0.854. The minimum atomic E-state index is -0.564. The van der Waals surface area contributed by atoms with E-state index in [1.54, 1.807) is 11.1 Å². The molecule has 1 aromatic heterocycles. The van der Waals surface area contributed by atoms with Crippen molar-refractivity contribution in [2.45, 2.75) is 12.5 Å². The van der Waals surface area contributed by atoms with Gasteiger partial charge in [-0.2, -0.15) is 0 Å². The van der Waals surface area contributed by atoms with Crippen molar-refractivity contribution >= 4 is 17.4 Å². The molecule has 0 aromatic carbocycles. The van der Waals surface area contributed by atoms with Gasteiger partial charge in [-0.25, -0.2) is 4.98 Å². The lowest BCUT2D eigenvalue weighted by Crippen LogP contribution is -2.36. The summed E-state index contributed by atoms with van der Waals surface area (Å²) in [6.45, 7) is 3.49. The number of hydrogen-bond donors (Lipinski definition) is 1. The van der Waals surface area contributed by atoms with Gasteiger partial charge in [-0.1, -0.05) is 0 Å². The number of aliphatic hydroxyl groups excluding tert-OH is 1. The second-order valence-electron chi connectivity index (χ2n) is 4.84. The highest BCUT2D eigenvalue weighted by Crippen LogP contribution is 2.23. The van der Waals surface area contributed by atoms with Crippen LogP contribution in [0.4, 0.5) is 11.5 Å². The van der Waals surface area contributed by atoms with E-state index in [0.717, 1.165) is 37.8 Å². The number of rotatable bonds is 2. The Morgan fingerprint density at radius 1 is 1.32 bits per heavy atom. The van der Waals surface area contributed by atoms with Crippen molar-refractivity contribution in [2.24, 2.45) is 0 Å². The predicted octanol–water partition coefficient (Wildman–Crippen LogP) is 0.0158. The van der Waals surface area contributed by atoms with Gasteiger partial charge in [-0.3, -0.25) is 4.79 Å². The SMILES string of the molecule is O=C1CC(O)CN1c1ccc(N2CCOCC2)nc1. The molecule has 0 aliphatic carbocycles. The molecule has 6 nitrogen and oxygen atoms in total. The van der Waals surface area contributed by atoms with Crippen molar-refractivity contribution in [1.29, 1.82) is 0 Å². The van der Waals surface area contributed by atoms with E-state index in [0.29, 0.717) is 6.54 Å². The number of hydrogen-bond acceptors (Lipinski definition) is 5. The van der Waals surface area contributed by atoms with E-state index in [-0.39, 0.29) is 12.3 Å². The molecule has 1 unspecified atom stereocenters. The number of carbonyl (C=O) groups excluding carboxylic acids is 1. The molecule has 1 N–H and O–H groups in total. The molecule has 102 valence electrons. The van der Waals surface area contributed by atoms with Crippen LogP contribution in [0.15, 0.2) is 18.3 Å². The smallest absolute Gasteiger partial charge is 0.229 e. The Labute approximate surface area is 111 Å². The second-order valence-corrected chi connectivity index (χ2v) is 4.84. The lowest BCUT2D eigenvalue weighted by molar-refractivity contribution is -0.117. The average molecular weight is 263 g/mol. The first-order valence-electron chi connectivity index (χ1n) is 6.51. The van der Waals surface area contributed by atoms with E-state index >= 15 is 0 Å². The first-order chi connectivity index (χ1) is 9.24. The highest BCUT2D eigenvalue weighted by molar-refractivity contribution is 5.95. The first kappa shape index (κ1) is 12.4. The molecule has 1 aromatic rings. The van der Waals surface area contributed by atoms with E-state index in [1.807, 2.05) is 12.1 Å². The summed E-state index contributed by atoms with van der Waals surface area (Å²) in [5, 5.41) is 9.48. The van der Waals surface area contributed by atoms with Crippen molar-refractivity contribution in [3.05, 3.63) is 18.3 Å². The highest BCUT2D eigenvalue weighted by atomic mass is 16.5. The van der Waals surface area contributed by atoms with Crippen LogP contribution in [0.3, 0.4) is 0 Å². The number of amides is 1. The van der Waals surface area contributed by atoms with Gasteiger partial charge in [0.2, 0.25) is 5.91 Å². The summed E-state index contributed by atoms with van der Waals surface area (Å²) in [5.41, 5.74) is 0.749. The predicted molar refractivity (Wildman–Crippen MR) is 70.2 cm³/mol. The summed E-state index contributed by atoms with van der Waals surface area (Å²) >= 11 is 0. The van der Waals surface area contributed by atoms with Gasteiger partial charge < -0.3 is 19.6 Å². The van der Waals surface area contributed by atoms with Crippen LogP contribution >= 0.6 is 0 Å². The molecule has 1 amide bonds.